The Morgan fingerprint density at radius 1 is 1.24 bits per heavy atom. The van der Waals surface area contributed by atoms with E-state index in [0.717, 1.165) is 6.42 Å². The van der Waals surface area contributed by atoms with Crippen molar-refractivity contribution in [3.8, 4) is 0 Å². The van der Waals surface area contributed by atoms with E-state index < -0.39 is 23.7 Å². The van der Waals surface area contributed by atoms with Crippen LogP contribution in [0.3, 0.4) is 0 Å². The molecule has 1 aliphatic heterocycles. The van der Waals surface area contributed by atoms with Gasteiger partial charge in [-0.05, 0) is 45.4 Å². The lowest BCUT2D eigenvalue weighted by atomic mass is 10.0. The molecule has 0 aromatic carbocycles. The maximum absolute atomic E-state index is 11.9. The maximum Gasteiger partial charge on any atom is 0.411 e. The first-order chi connectivity index (χ1) is 7.78. The molecule has 96 valence electrons. The van der Waals surface area contributed by atoms with Gasteiger partial charge in [0, 0.05) is 6.54 Å². The summed E-state index contributed by atoms with van der Waals surface area (Å²) in [6.07, 6.45) is 1.11. The highest BCUT2D eigenvalue weighted by atomic mass is 16.6. The van der Waals surface area contributed by atoms with Crippen LogP contribution in [-0.2, 0) is 9.53 Å². The largest absolute Gasteiger partial charge is 0.480 e. The van der Waals surface area contributed by atoms with E-state index in [-0.39, 0.29) is 0 Å². The summed E-state index contributed by atoms with van der Waals surface area (Å²) in [5.74, 6) is 0.0501. The minimum Gasteiger partial charge on any atom is -0.480 e. The third-order valence-electron chi connectivity index (χ3n) is 3.32. The number of piperidine rings is 1. The fourth-order valence-electron chi connectivity index (χ4n) is 2.37. The molecule has 1 saturated heterocycles. The van der Waals surface area contributed by atoms with Crippen molar-refractivity contribution in [1.82, 2.24) is 4.90 Å². The van der Waals surface area contributed by atoms with Crippen molar-refractivity contribution < 1.29 is 19.4 Å². The van der Waals surface area contributed by atoms with Crippen molar-refractivity contribution in [2.45, 2.75) is 45.3 Å². The standard InChI is InChI=1S/C12H19NO4/c1-12(2,3)17-11(16)13-6-8-4-7(8)5-9(13)10(14)15/h7-9H,4-6H2,1-3H3,(H,14,15)/t7?,8?,9-/m1/s1. The topological polar surface area (TPSA) is 66.8 Å². The SMILES string of the molecule is CC(C)(C)OC(=O)N1CC2CC2C[C@@H]1C(=O)O. The van der Waals surface area contributed by atoms with Gasteiger partial charge in [0.15, 0.2) is 0 Å². The number of carbonyl (C=O) groups excluding carboxylic acids is 1. The minimum absolute atomic E-state index is 0.484. The van der Waals surface area contributed by atoms with E-state index >= 15 is 0 Å². The summed E-state index contributed by atoms with van der Waals surface area (Å²) in [5.41, 5.74) is -0.583. The molecule has 17 heavy (non-hydrogen) atoms. The van der Waals surface area contributed by atoms with Gasteiger partial charge in [-0.25, -0.2) is 9.59 Å². The van der Waals surface area contributed by atoms with Gasteiger partial charge >= 0.3 is 12.1 Å². The van der Waals surface area contributed by atoms with Gasteiger partial charge < -0.3 is 9.84 Å². The van der Waals surface area contributed by atoms with Gasteiger partial charge in [-0.3, -0.25) is 4.90 Å². The molecular formula is C12H19NO4. The molecule has 3 atom stereocenters. The third-order valence-corrected chi connectivity index (χ3v) is 3.32. The Labute approximate surface area is 101 Å². The molecule has 0 bridgehead atoms. The number of likely N-dealkylation sites (tertiary alicyclic amines) is 1. The summed E-state index contributed by atoms with van der Waals surface area (Å²) in [6.45, 7) is 5.87. The molecule has 1 N–H and O–H groups in total. The van der Waals surface area contributed by atoms with Gasteiger partial charge in [0.05, 0.1) is 0 Å². The number of carbonyl (C=O) groups is 2. The summed E-state index contributed by atoms with van der Waals surface area (Å²) >= 11 is 0. The lowest BCUT2D eigenvalue weighted by Gasteiger charge is -2.34. The summed E-state index contributed by atoms with van der Waals surface area (Å²) in [6, 6.07) is -0.714. The second-order valence-corrected chi connectivity index (χ2v) is 5.98. The zero-order valence-corrected chi connectivity index (χ0v) is 10.5. The first-order valence-corrected chi connectivity index (χ1v) is 6.00. The fraction of sp³-hybridized carbons (Fsp3) is 0.833. The Hall–Kier alpha value is -1.26. The van der Waals surface area contributed by atoms with Crippen LogP contribution in [0.4, 0.5) is 4.79 Å². The van der Waals surface area contributed by atoms with Gasteiger partial charge in [-0.1, -0.05) is 0 Å². The van der Waals surface area contributed by atoms with Crippen LogP contribution < -0.4 is 0 Å². The lowest BCUT2D eigenvalue weighted by molar-refractivity contribution is -0.144. The number of hydrogen-bond acceptors (Lipinski definition) is 3. The Bertz CT molecular complexity index is 347. The van der Waals surface area contributed by atoms with Crippen LogP contribution in [0.2, 0.25) is 0 Å². The van der Waals surface area contributed by atoms with Crippen molar-refractivity contribution in [2.24, 2.45) is 11.8 Å². The summed E-state index contributed by atoms with van der Waals surface area (Å²) < 4.78 is 5.25. The van der Waals surface area contributed by atoms with E-state index in [2.05, 4.69) is 0 Å². The molecule has 0 aromatic rings. The predicted octanol–water partition coefficient (Wildman–Crippen LogP) is 1.72. The summed E-state index contributed by atoms with van der Waals surface area (Å²) in [5, 5.41) is 9.14. The smallest absolute Gasteiger partial charge is 0.411 e. The molecule has 1 saturated carbocycles. The number of rotatable bonds is 1. The van der Waals surface area contributed by atoms with E-state index in [9.17, 15) is 9.59 Å². The highest BCUT2D eigenvalue weighted by Gasteiger charge is 2.50. The molecule has 1 heterocycles. The Morgan fingerprint density at radius 3 is 2.41 bits per heavy atom. The number of amides is 1. The Morgan fingerprint density at radius 2 is 1.88 bits per heavy atom. The second-order valence-electron chi connectivity index (χ2n) is 5.98. The van der Waals surface area contributed by atoms with Crippen molar-refractivity contribution in [2.75, 3.05) is 6.54 Å². The number of ether oxygens (including phenoxy) is 1. The van der Waals surface area contributed by atoms with Crippen LogP contribution in [0.5, 0.6) is 0 Å². The van der Waals surface area contributed by atoms with E-state index in [1.165, 1.54) is 4.90 Å². The van der Waals surface area contributed by atoms with Crippen molar-refractivity contribution >= 4 is 12.1 Å². The summed E-state index contributed by atoms with van der Waals surface area (Å²) in [4.78, 5) is 24.5. The molecule has 0 spiro atoms. The Balaban J connectivity index is 2.06. The minimum atomic E-state index is -0.929. The molecule has 2 aliphatic rings. The second kappa shape index (κ2) is 3.89. The first-order valence-electron chi connectivity index (χ1n) is 6.00. The van der Waals surface area contributed by atoms with Crippen molar-refractivity contribution in [3.05, 3.63) is 0 Å². The van der Waals surface area contributed by atoms with Gasteiger partial charge in [-0.15, -0.1) is 0 Å². The molecule has 5 heteroatoms. The maximum atomic E-state index is 11.9. The Kier molecular flexibility index (Phi) is 2.79. The van der Waals surface area contributed by atoms with Gasteiger partial charge in [-0.2, -0.15) is 0 Å². The third kappa shape index (κ3) is 2.70. The van der Waals surface area contributed by atoms with Crippen molar-refractivity contribution in [1.29, 1.82) is 0 Å². The zero-order valence-electron chi connectivity index (χ0n) is 10.5. The molecule has 0 aromatic heterocycles. The zero-order chi connectivity index (χ0) is 12.8. The average molecular weight is 241 g/mol. The van der Waals surface area contributed by atoms with Gasteiger partial charge in [0.25, 0.3) is 0 Å². The summed E-state index contributed by atoms with van der Waals surface area (Å²) in [7, 11) is 0. The molecular weight excluding hydrogens is 222 g/mol. The van der Waals surface area contributed by atoms with Crippen LogP contribution in [0, 0.1) is 11.8 Å². The van der Waals surface area contributed by atoms with Crippen LogP contribution in [0.15, 0.2) is 0 Å². The first kappa shape index (κ1) is 12.2. The monoisotopic (exact) mass is 241 g/mol. The predicted molar refractivity (Wildman–Crippen MR) is 60.6 cm³/mol. The normalized spacial score (nSPS) is 31.7. The van der Waals surface area contributed by atoms with E-state index in [1.807, 2.05) is 0 Å². The quantitative estimate of drug-likeness (QED) is 0.759. The van der Waals surface area contributed by atoms with Crippen LogP contribution >= 0.6 is 0 Å². The molecule has 1 amide bonds. The van der Waals surface area contributed by atoms with Crippen LogP contribution in [0.1, 0.15) is 33.6 Å². The molecule has 2 rings (SSSR count). The molecule has 1 aliphatic carbocycles. The van der Waals surface area contributed by atoms with E-state index in [1.54, 1.807) is 20.8 Å². The van der Waals surface area contributed by atoms with E-state index in [0.29, 0.717) is 24.8 Å². The molecule has 0 radical (unpaired) electrons. The number of hydrogen-bond donors (Lipinski definition) is 1. The van der Waals surface area contributed by atoms with Crippen molar-refractivity contribution in [3.63, 3.8) is 0 Å². The van der Waals surface area contributed by atoms with Gasteiger partial charge in [0.2, 0.25) is 0 Å². The number of aliphatic carboxylic acids is 1. The number of carboxylic acid groups (broad SMARTS) is 1. The number of nitrogens with zero attached hydrogens (tertiary/aromatic N) is 1. The number of carboxylic acids is 1. The van der Waals surface area contributed by atoms with Gasteiger partial charge in [0.1, 0.15) is 11.6 Å². The molecule has 5 nitrogen and oxygen atoms in total. The lowest BCUT2D eigenvalue weighted by Crippen LogP contribution is -2.50. The number of fused-ring (bicyclic) bond motifs is 1. The van der Waals surface area contributed by atoms with Crippen LogP contribution in [0.25, 0.3) is 0 Å². The fourth-order valence-corrected chi connectivity index (χ4v) is 2.37. The highest BCUT2D eigenvalue weighted by Crippen LogP contribution is 2.47. The van der Waals surface area contributed by atoms with Crippen LogP contribution in [-0.4, -0.2) is 40.3 Å². The average Bonchev–Trinajstić information content (AvgIpc) is 2.90. The highest BCUT2D eigenvalue weighted by molar-refractivity contribution is 5.80. The molecule has 2 fully saturated rings. The van der Waals surface area contributed by atoms with E-state index in [4.69, 9.17) is 9.84 Å². The molecule has 2 unspecified atom stereocenters.